The van der Waals surface area contributed by atoms with Gasteiger partial charge in [-0.25, -0.2) is 0 Å². The zero-order chi connectivity index (χ0) is 20.6. The number of benzene rings is 1. The summed E-state index contributed by atoms with van der Waals surface area (Å²) in [5, 5.41) is 0. The molecule has 0 bridgehead atoms. The Labute approximate surface area is 189 Å². The van der Waals surface area contributed by atoms with Gasteiger partial charge in [0.05, 0.1) is 6.04 Å². The van der Waals surface area contributed by atoms with E-state index in [2.05, 4.69) is 54.8 Å². The summed E-state index contributed by atoms with van der Waals surface area (Å²) in [4.78, 5) is 19.3. The number of carbonyl (C=O) groups is 1. The average molecular weight is 434 g/mol. The maximum absolute atomic E-state index is 12.4. The maximum Gasteiger partial charge on any atom is 0.239 e. The first-order chi connectivity index (χ1) is 13.8. The number of para-hydroxylation sites is 1. The summed E-state index contributed by atoms with van der Waals surface area (Å²) in [7, 11) is 1.93. The van der Waals surface area contributed by atoms with Gasteiger partial charge in [0.1, 0.15) is 0 Å². The SMILES string of the molecule is CN1CCC(N2CCN(c3ccccc3C3CCC(C(C)(C)C)CC3)CC2)C1=O.Cl. The minimum absolute atomic E-state index is 0. The molecule has 2 aliphatic heterocycles. The van der Waals surface area contributed by atoms with Gasteiger partial charge in [-0.05, 0) is 61.0 Å². The fraction of sp³-hybridized carbons (Fsp3) is 0.720. The van der Waals surface area contributed by atoms with E-state index in [9.17, 15) is 4.79 Å². The molecule has 1 amide bonds. The fourth-order valence-electron chi connectivity index (χ4n) is 5.81. The summed E-state index contributed by atoms with van der Waals surface area (Å²) in [6, 6.07) is 9.23. The molecule has 1 unspecified atom stereocenters. The van der Waals surface area contributed by atoms with Crippen molar-refractivity contribution in [3.63, 3.8) is 0 Å². The molecule has 1 aliphatic carbocycles. The highest BCUT2D eigenvalue weighted by atomic mass is 35.5. The third-order valence-electron chi connectivity index (χ3n) is 7.82. The number of nitrogens with zero attached hydrogens (tertiary/aromatic N) is 3. The van der Waals surface area contributed by atoms with Gasteiger partial charge < -0.3 is 9.80 Å². The van der Waals surface area contributed by atoms with Crippen LogP contribution < -0.4 is 4.90 Å². The summed E-state index contributed by atoms with van der Waals surface area (Å²) in [5.41, 5.74) is 3.44. The summed E-state index contributed by atoms with van der Waals surface area (Å²) in [5.74, 6) is 1.87. The number of halogens is 1. The molecule has 4 nitrogen and oxygen atoms in total. The Morgan fingerprint density at radius 2 is 1.50 bits per heavy atom. The lowest BCUT2D eigenvalue weighted by Crippen LogP contribution is -2.52. The molecule has 5 heteroatoms. The molecular formula is C25H40ClN3O. The first kappa shape index (κ1) is 23.4. The van der Waals surface area contributed by atoms with Crippen LogP contribution in [0.4, 0.5) is 5.69 Å². The number of piperazine rings is 1. The van der Waals surface area contributed by atoms with Crippen LogP contribution in [0.1, 0.15) is 64.4 Å². The molecule has 2 saturated heterocycles. The van der Waals surface area contributed by atoms with Gasteiger partial charge in [-0.3, -0.25) is 9.69 Å². The van der Waals surface area contributed by atoms with Gasteiger partial charge in [0.25, 0.3) is 0 Å². The zero-order valence-corrected chi connectivity index (χ0v) is 20.1. The summed E-state index contributed by atoms with van der Waals surface area (Å²) >= 11 is 0. The highest BCUT2D eigenvalue weighted by Gasteiger charge is 2.36. The van der Waals surface area contributed by atoms with Gasteiger partial charge in [0.2, 0.25) is 5.91 Å². The number of rotatable bonds is 3. The van der Waals surface area contributed by atoms with Gasteiger partial charge in [0, 0.05) is 45.5 Å². The lowest BCUT2D eigenvalue weighted by Gasteiger charge is -2.41. The molecule has 3 fully saturated rings. The Hall–Kier alpha value is -1.26. The number of likely N-dealkylation sites (tertiary alicyclic amines) is 1. The smallest absolute Gasteiger partial charge is 0.239 e. The molecule has 1 aromatic carbocycles. The van der Waals surface area contributed by atoms with E-state index in [0.717, 1.165) is 45.1 Å². The minimum atomic E-state index is 0. The van der Waals surface area contributed by atoms with E-state index in [1.165, 1.54) is 31.4 Å². The lowest BCUT2D eigenvalue weighted by molar-refractivity contribution is -0.131. The van der Waals surface area contributed by atoms with Crippen molar-refractivity contribution in [2.45, 2.75) is 64.8 Å². The quantitative estimate of drug-likeness (QED) is 0.686. The second-order valence-corrected chi connectivity index (χ2v) is 10.6. The van der Waals surface area contributed by atoms with Crippen LogP contribution in [0.2, 0.25) is 0 Å². The first-order valence-electron chi connectivity index (χ1n) is 11.7. The zero-order valence-electron chi connectivity index (χ0n) is 19.3. The maximum atomic E-state index is 12.4. The monoisotopic (exact) mass is 433 g/mol. The van der Waals surface area contributed by atoms with Gasteiger partial charge >= 0.3 is 0 Å². The standard InChI is InChI=1S/C25H39N3O.ClH/c1-25(2,3)20-11-9-19(10-12-20)21-7-5-6-8-22(21)27-15-17-28(18-16-27)23-13-14-26(4)24(23)29;/h5-8,19-20,23H,9-18H2,1-4H3;1H. The Morgan fingerprint density at radius 1 is 0.867 bits per heavy atom. The van der Waals surface area contributed by atoms with E-state index < -0.39 is 0 Å². The average Bonchev–Trinajstić information content (AvgIpc) is 3.06. The highest BCUT2D eigenvalue weighted by molar-refractivity contribution is 5.85. The molecule has 168 valence electrons. The number of hydrogen-bond donors (Lipinski definition) is 0. The minimum Gasteiger partial charge on any atom is -0.369 e. The molecular weight excluding hydrogens is 394 g/mol. The Morgan fingerprint density at radius 3 is 2.07 bits per heavy atom. The van der Waals surface area contributed by atoms with Crippen molar-refractivity contribution in [1.82, 2.24) is 9.80 Å². The van der Waals surface area contributed by atoms with E-state index in [4.69, 9.17) is 0 Å². The Bertz CT molecular complexity index is 715. The molecule has 2 heterocycles. The van der Waals surface area contributed by atoms with Crippen molar-refractivity contribution >= 4 is 24.0 Å². The third kappa shape index (κ3) is 4.80. The second kappa shape index (κ2) is 9.48. The van der Waals surface area contributed by atoms with Crippen LogP contribution in [0.15, 0.2) is 24.3 Å². The van der Waals surface area contributed by atoms with Gasteiger partial charge in [-0.2, -0.15) is 0 Å². The number of anilines is 1. The predicted molar refractivity (Wildman–Crippen MR) is 128 cm³/mol. The van der Waals surface area contributed by atoms with Crippen molar-refractivity contribution in [2.24, 2.45) is 11.3 Å². The summed E-state index contributed by atoms with van der Waals surface area (Å²) in [6.07, 6.45) is 6.34. The van der Waals surface area contributed by atoms with E-state index in [1.54, 1.807) is 5.56 Å². The molecule has 0 radical (unpaired) electrons. The first-order valence-corrected chi connectivity index (χ1v) is 11.7. The van der Waals surface area contributed by atoms with Crippen LogP contribution in [-0.4, -0.2) is 61.5 Å². The predicted octanol–water partition coefficient (Wildman–Crippen LogP) is 4.78. The van der Waals surface area contributed by atoms with Crippen LogP contribution in [0.5, 0.6) is 0 Å². The molecule has 30 heavy (non-hydrogen) atoms. The molecule has 1 saturated carbocycles. The van der Waals surface area contributed by atoms with Gasteiger partial charge in [0.15, 0.2) is 0 Å². The van der Waals surface area contributed by atoms with Crippen LogP contribution in [0.3, 0.4) is 0 Å². The number of likely N-dealkylation sites (N-methyl/N-ethyl adjacent to an activating group) is 1. The van der Waals surface area contributed by atoms with Crippen LogP contribution in [0, 0.1) is 11.3 Å². The van der Waals surface area contributed by atoms with Gasteiger partial charge in [-0.15, -0.1) is 12.4 Å². The van der Waals surface area contributed by atoms with Crippen molar-refractivity contribution < 1.29 is 4.79 Å². The summed E-state index contributed by atoms with van der Waals surface area (Å²) < 4.78 is 0. The molecule has 4 rings (SSSR count). The van der Waals surface area contributed by atoms with Crippen LogP contribution in [0.25, 0.3) is 0 Å². The number of hydrogen-bond acceptors (Lipinski definition) is 3. The largest absolute Gasteiger partial charge is 0.369 e. The van der Waals surface area contributed by atoms with E-state index in [1.807, 2.05) is 11.9 Å². The molecule has 0 spiro atoms. The molecule has 0 aromatic heterocycles. The van der Waals surface area contributed by atoms with Crippen molar-refractivity contribution in [3.8, 4) is 0 Å². The number of carbonyl (C=O) groups excluding carboxylic acids is 1. The molecule has 1 atom stereocenters. The van der Waals surface area contributed by atoms with E-state index >= 15 is 0 Å². The van der Waals surface area contributed by atoms with Gasteiger partial charge in [-0.1, -0.05) is 39.0 Å². The Kier molecular flexibility index (Phi) is 7.40. The highest BCUT2D eigenvalue weighted by Crippen LogP contribution is 2.45. The third-order valence-corrected chi connectivity index (χ3v) is 7.82. The van der Waals surface area contributed by atoms with Crippen LogP contribution in [-0.2, 0) is 4.79 Å². The Balaban J connectivity index is 0.00000256. The van der Waals surface area contributed by atoms with Crippen molar-refractivity contribution in [1.29, 1.82) is 0 Å². The van der Waals surface area contributed by atoms with E-state index in [0.29, 0.717) is 17.2 Å². The fourth-order valence-corrected chi connectivity index (χ4v) is 5.81. The van der Waals surface area contributed by atoms with Crippen molar-refractivity contribution in [3.05, 3.63) is 29.8 Å². The molecule has 1 aromatic rings. The molecule has 3 aliphatic rings. The second-order valence-electron chi connectivity index (χ2n) is 10.6. The topological polar surface area (TPSA) is 26.8 Å². The van der Waals surface area contributed by atoms with Crippen LogP contribution >= 0.6 is 12.4 Å². The van der Waals surface area contributed by atoms with Crippen molar-refractivity contribution in [2.75, 3.05) is 44.7 Å². The van der Waals surface area contributed by atoms with E-state index in [-0.39, 0.29) is 18.4 Å². The number of amides is 1. The normalized spacial score (nSPS) is 28.5. The summed E-state index contributed by atoms with van der Waals surface area (Å²) in [6.45, 7) is 12.2. The molecule has 0 N–H and O–H groups in total. The lowest BCUT2D eigenvalue weighted by atomic mass is 9.68.